The molecule has 3 heteroatoms. The molecule has 0 aliphatic heterocycles. The van der Waals surface area contributed by atoms with Gasteiger partial charge < -0.3 is 10.1 Å². The van der Waals surface area contributed by atoms with E-state index in [-0.39, 0.29) is 12.4 Å². The van der Waals surface area contributed by atoms with Crippen LogP contribution in [0.5, 0.6) is 5.75 Å². The molecule has 0 bridgehead atoms. The molecular formula is C14H20ClNO. The van der Waals surface area contributed by atoms with Crippen LogP contribution in [0, 0.1) is 12.3 Å². The van der Waals surface area contributed by atoms with Crippen molar-refractivity contribution in [3.63, 3.8) is 0 Å². The molecule has 0 saturated heterocycles. The monoisotopic (exact) mass is 253 g/mol. The maximum Gasteiger partial charge on any atom is 0.148 e. The van der Waals surface area contributed by atoms with Gasteiger partial charge in [-0.25, -0.2) is 0 Å². The first-order valence-electron chi connectivity index (χ1n) is 5.64. The molecule has 0 aliphatic rings. The topological polar surface area (TPSA) is 21.3 Å². The first-order valence-corrected chi connectivity index (χ1v) is 5.64. The Morgan fingerprint density at radius 3 is 2.53 bits per heavy atom. The van der Waals surface area contributed by atoms with Gasteiger partial charge in [0.2, 0.25) is 0 Å². The van der Waals surface area contributed by atoms with Crippen LogP contribution in [0.15, 0.2) is 24.3 Å². The minimum atomic E-state index is 0. The van der Waals surface area contributed by atoms with Gasteiger partial charge in [-0.15, -0.1) is 18.8 Å². The number of ether oxygens (including phenoxy) is 1. The SMILES string of the molecule is C#CCOc1ccc(CNC(C)CC)cc1.Cl. The average Bonchev–Trinajstić information content (AvgIpc) is 2.34. The van der Waals surface area contributed by atoms with Gasteiger partial charge in [0.1, 0.15) is 12.4 Å². The standard InChI is InChI=1S/C14H19NO.ClH/c1-4-10-16-14-8-6-13(7-9-14)11-15-12(3)5-2;/h1,6-9,12,15H,5,10-11H2,2-3H3;1H. The number of terminal acetylenes is 1. The van der Waals surface area contributed by atoms with Crippen molar-refractivity contribution in [1.29, 1.82) is 0 Å². The molecule has 0 aromatic heterocycles. The molecule has 0 heterocycles. The van der Waals surface area contributed by atoms with Crippen molar-refractivity contribution in [2.75, 3.05) is 6.61 Å². The molecule has 2 nitrogen and oxygen atoms in total. The van der Waals surface area contributed by atoms with Gasteiger partial charge in [-0.05, 0) is 31.0 Å². The van der Waals surface area contributed by atoms with Crippen LogP contribution in [-0.4, -0.2) is 12.6 Å². The van der Waals surface area contributed by atoms with Crippen molar-refractivity contribution < 1.29 is 4.74 Å². The number of hydrogen-bond acceptors (Lipinski definition) is 2. The molecule has 0 saturated carbocycles. The highest BCUT2D eigenvalue weighted by Gasteiger charge is 1.98. The largest absolute Gasteiger partial charge is 0.481 e. The first kappa shape index (κ1) is 15.8. The lowest BCUT2D eigenvalue weighted by molar-refractivity contribution is 0.370. The van der Waals surface area contributed by atoms with Gasteiger partial charge in [0.05, 0.1) is 0 Å². The van der Waals surface area contributed by atoms with Crippen LogP contribution >= 0.6 is 12.4 Å². The summed E-state index contributed by atoms with van der Waals surface area (Å²) in [6.07, 6.45) is 6.26. The van der Waals surface area contributed by atoms with Crippen molar-refractivity contribution in [1.82, 2.24) is 5.32 Å². The van der Waals surface area contributed by atoms with Gasteiger partial charge >= 0.3 is 0 Å². The summed E-state index contributed by atoms with van der Waals surface area (Å²) < 4.78 is 5.30. The van der Waals surface area contributed by atoms with E-state index in [1.807, 2.05) is 12.1 Å². The van der Waals surface area contributed by atoms with Gasteiger partial charge in [0, 0.05) is 12.6 Å². The Balaban J connectivity index is 0.00000256. The van der Waals surface area contributed by atoms with Crippen molar-refractivity contribution in [3.05, 3.63) is 29.8 Å². The van der Waals surface area contributed by atoms with Crippen LogP contribution in [0.2, 0.25) is 0 Å². The van der Waals surface area contributed by atoms with Gasteiger partial charge in [-0.3, -0.25) is 0 Å². The summed E-state index contributed by atoms with van der Waals surface area (Å²) in [5.41, 5.74) is 1.26. The summed E-state index contributed by atoms with van der Waals surface area (Å²) >= 11 is 0. The molecule has 0 radical (unpaired) electrons. The Labute approximate surface area is 110 Å². The number of nitrogens with one attached hydrogen (secondary N) is 1. The van der Waals surface area contributed by atoms with Gasteiger partial charge in [0.15, 0.2) is 0 Å². The first-order chi connectivity index (χ1) is 7.76. The Morgan fingerprint density at radius 1 is 1.35 bits per heavy atom. The average molecular weight is 254 g/mol. The highest BCUT2D eigenvalue weighted by molar-refractivity contribution is 5.85. The molecule has 0 amide bonds. The number of hydrogen-bond donors (Lipinski definition) is 1. The van der Waals surface area contributed by atoms with Gasteiger partial charge in [-0.2, -0.15) is 0 Å². The van der Waals surface area contributed by atoms with E-state index in [0.717, 1.165) is 18.7 Å². The fourth-order valence-corrected chi connectivity index (χ4v) is 1.26. The normalized spacial score (nSPS) is 11.1. The molecule has 1 unspecified atom stereocenters. The summed E-state index contributed by atoms with van der Waals surface area (Å²) in [5, 5.41) is 3.44. The molecule has 17 heavy (non-hydrogen) atoms. The Morgan fingerprint density at radius 2 is 2.00 bits per heavy atom. The lowest BCUT2D eigenvalue weighted by atomic mass is 10.2. The minimum Gasteiger partial charge on any atom is -0.481 e. The second-order valence-corrected chi connectivity index (χ2v) is 3.83. The predicted molar refractivity (Wildman–Crippen MR) is 74.6 cm³/mol. The predicted octanol–water partition coefficient (Wildman–Crippen LogP) is 3.01. The number of benzene rings is 1. The van der Waals surface area contributed by atoms with Crippen LogP contribution in [0.4, 0.5) is 0 Å². The zero-order valence-corrected chi connectivity index (χ0v) is 11.2. The molecule has 1 aromatic carbocycles. The Kier molecular flexibility index (Phi) is 8.31. The highest BCUT2D eigenvalue weighted by Crippen LogP contribution is 2.12. The van der Waals surface area contributed by atoms with Crippen LogP contribution in [-0.2, 0) is 6.54 Å². The lowest BCUT2D eigenvalue weighted by Crippen LogP contribution is -2.24. The van der Waals surface area contributed by atoms with Crippen molar-refractivity contribution in [2.45, 2.75) is 32.9 Å². The fourth-order valence-electron chi connectivity index (χ4n) is 1.26. The third-order valence-electron chi connectivity index (χ3n) is 2.51. The summed E-state index contributed by atoms with van der Waals surface area (Å²) in [6, 6.07) is 8.57. The fraction of sp³-hybridized carbons (Fsp3) is 0.429. The molecular weight excluding hydrogens is 234 g/mol. The summed E-state index contributed by atoms with van der Waals surface area (Å²) in [6.45, 7) is 5.58. The lowest BCUT2D eigenvalue weighted by Gasteiger charge is -2.11. The smallest absolute Gasteiger partial charge is 0.148 e. The van der Waals surface area contributed by atoms with Crippen molar-refractivity contribution in [2.24, 2.45) is 0 Å². The zero-order chi connectivity index (χ0) is 11.8. The van der Waals surface area contributed by atoms with E-state index in [2.05, 4.69) is 37.2 Å². The Bertz CT molecular complexity index is 342. The molecule has 1 aromatic rings. The summed E-state index contributed by atoms with van der Waals surface area (Å²) in [5.74, 6) is 3.27. The van der Waals surface area contributed by atoms with E-state index < -0.39 is 0 Å². The number of rotatable bonds is 6. The molecule has 0 fully saturated rings. The summed E-state index contributed by atoms with van der Waals surface area (Å²) in [4.78, 5) is 0. The molecule has 1 atom stereocenters. The molecule has 1 N–H and O–H groups in total. The van der Waals surface area contributed by atoms with Crippen LogP contribution < -0.4 is 10.1 Å². The third-order valence-corrected chi connectivity index (χ3v) is 2.51. The maximum absolute atomic E-state index is 5.30. The molecule has 94 valence electrons. The number of halogens is 1. The Hall–Kier alpha value is -1.17. The van der Waals surface area contributed by atoms with Crippen molar-refractivity contribution in [3.8, 4) is 18.1 Å². The van der Waals surface area contributed by atoms with E-state index in [1.165, 1.54) is 5.56 Å². The van der Waals surface area contributed by atoms with E-state index in [1.54, 1.807) is 0 Å². The highest BCUT2D eigenvalue weighted by atomic mass is 35.5. The quantitative estimate of drug-likeness (QED) is 0.787. The van der Waals surface area contributed by atoms with E-state index in [0.29, 0.717) is 12.6 Å². The molecule has 1 rings (SSSR count). The minimum absolute atomic E-state index is 0. The van der Waals surface area contributed by atoms with Crippen molar-refractivity contribution >= 4 is 12.4 Å². The molecule has 0 spiro atoms. The van der Waals surface area contributed by atoms with Crippen LogP contribution in [0.25, 0.3) is 0 Å². The van der Waals surface area contributed by atoms with Gasteiger partial charge in [-0.1, -0.05) is 25.0 Å². The van der Waals surface area contributed by atoms with Crippen LogP contribution in [0.3, 0.4) is 0 Å². The van der Waals surface area contributed by atoms with Crippen LogP contribution in [0.1, 0.15) is 25.8 Å². The summed E-state index contributed by atoms with van der Waals surface area (Å²) in [7, 11) is 0. The second-order valence-electron chi connectivity index (χ2n) is 3.83. The molecule has 0 aliphatic carbocycles. The van der Waals surface area contributed by atoms with Gasteiger partial charge in [0.25, 0.3) is 0 Å². The second kappa shape index (κ2) is 8.92. The zero-order valence-electron chi connectivity index (χ0n) is 10.4. The maximum atomic E-state index is 5.30. The van der Waals surface area contributed by atoms with E-state index in [4.69, 9.17) is 11.2 Å². The van der Waals surface area contributed by atoms with E-state index >= 15 is 0 Å². The van der Waals surface area contributed by atoms with E-state index in [9.17, 15) is 0 Å². The third kappa shape index (κ3) is 6.21.